The van der Waals surface area contributed by atoms with Crippen LogP contribution < -0.4 is 5.43 Å². The molecule has 0 saturated heterocycles. The van der Waals surface area contributed by atoms with Gasteiger partial charge in [-0.05, 0) is 56.1 Å². The zero-order valence-electron chi connectivity index (χ0n) is 20.3. The normalized spacial score (nSPS) is 19.8. The molecule has 186 valence electrons. The molecule has 2 aliphatic rings. The third-order valence-electron chi connectivity index (χ3n) is 6.27. The van der Waals surface area contributed by atoms with Crippen LogP contribution in [0.2, 0.25) is 0 Å². The van der Waals surface area contributed by atoms with Crippen molar-refractivity contribution in [1.82, 2.24) is 5.43 Å². The van der Waals surface area contributed by atoms with E-state index < -0.39 is 10.1 Å². The molecule has 0 radical (unpaired) electrons. The standard InChI is InChI=1S/C20H36N2.C7H8O3S/c1-2-4-8-12-16-19(15-11-7-3-1)20-17-13-9-5-6-10-14-18-21-22-20;8-11(9,10)6-7-4-2-1-3-5-7/h15,21H,1-14,16-18H2;1-5H,6H2,(H,8,9,10). The van der Waals surface area contributed by atoms with Gasteiger partial charge in [-0.15, -0.1) is 0 Å². The number of hydrazone groups is 1. The number of benzene rings is 1. The summed E-state index contributed by atoms with van der Waals surface area (Å²) < 4.78 is 29.2. The van der Waals surface area contributed by atoms with Crippen LogP contribution in [0.15, 0.2) is 47.1 Å². The van der Waals surface area contributed by atoms with Gasteiger partial charge in [0.2, 0.25) is 0 Å². The maximum atomic E-state index is 10.4. The van der Waals surface area contributed by atoms with Crippen LogP contribution in [-0.4, -0.2) is 25.2 Å². The van der Waals surface area contributed by atoms with Gasteiger partial charge in [0, 0.05) is 6.54 Å². The molecule has 0 saturated carbocycles. The Morgan fingerprint density at radius 2 is 1.33 bits per heavy atom. The highest BCUT2D eigenvalue weighted by molar-refractivity contribution is 7.85. The maximum absolute atomic E-state index is 10.4. The van der Waals surface area contributed by atoms with Crippen LogP contribution in [0.4, 0.5) is 0 Å². The molecule has 2 N–H and O–H groups in total. The van der Waals surface area contributed by atoms with Crippen molar-refractivity contribution in [3.8, 4) is 0 Å². The summed E-state index contributed by atoms with van der Waals surface area (Å²) in [4.78, 5) is 0. The molecule has 1 aliphatic carbocycles. The van der Waals surface area contributed by atoms with E-state index in [0.29, 0.717) is 5.56 Å². The Balaban J connectivity index is 0.000000294. The first-order chi connectivity index (χ1) is 16.0. The van der Waals surface area contributed by atoms with Gasteiger partial charge in [0.05, 0.1) is 5.71 Å². The summed E-state index contributed by atoms with van der Waals surface area (Å²) in [7, 11) is -3.88. The highest BCUT2D eigenvalue weighted by Crippen LogP contribution is 2.20. The fourth-order valence-electron chi connectivity index (χ4n) is 4.41. The van der Waals surface area contributed by atoms with E-state index in [9.17, 15) is 8.42 Å². The smallest absolute Gasteiger partial charge is 0.269 e. The molecule has 3 rings (SSSR count). The summed E-state index contributed by atoms with van der Waals surface area (Å²) in [6.07, 6.45) is 24.2. The Morgan fingerprint density at radius 3 is 2.00 bits per heavy atom. The van der Waals surface area contributed by atoms with Crippen LogP contribution in [-0.2, 0) is 15.9 Å². The lowest BCUT2D eigenvalue weighted by Crippen LogP contribution is -2.14. The zero-order chi connectivity index (χ0) is 23.6. The first-order valence-electron chi connectivity index (χ1n) is 13.0. The van der Waals surface area contributed by atoms with Gasteiger partial charge in [-0.1, -0.05) is 94.2 Å². The van der Waals surface area contributed by atoms with Crippen LogP contribution in [0.5, 0.6) is 0 Å². The topological polar surface area (TPSA) is 78.8 Å². The van der Waals surface area contributed by atoms with Crippen LogP contribution in [0.25, 0.3) is 0 Å². The quantitative estimate of drug-likeness (QED) is 0.452. The van der Waals surface area contributed by atoms with E-state index in [1.54, 1.807) is 35.9 Å². The van der Waals surface area contributed by atoms with Gasteiger partial charge in [-0.3, -0.25) is 4.55 Å². The van der Waals surface area contributed by atoms with Gasteiger partial charge in [0.15, 0.2) is 0 Å². The summed E-state index contributed by atoms with van der Waals surface area (Å²) in [6.45, 7) is 1.05. The van der Waals surface area contributed by atoms with Gasteiger partial charge in [0.25, 0.3) is 10.1 Å². The predicted molar refractivity (Wildman–Crippen MR) is 139 cm³/mol. The van der Waals surface area contributed by atoms with Gasteiger partial charge in [-0.2, -0.15) is 13.5 Å². The highest BCUT2D eigenvalue weighted by Gasteiger charge is 2.09. The lowest BCUT2D eigenvalue weighted by atomic mass is 9.97. The van der Waals surface area contributed by atoms with Crippen molar-refractivity contribution in [3.63, 3.8) is 0 Å². The van der Waals surface area contributed by atoms with Crippen molar-refractivity contribution in [2.45, 2.75) is 108 Å². The third-order valence-corrected chi connectivity index (χ3v) is 6.97. The number of hydrogen-bond acceptors (Lipinski definition) is 4. The van der Waals surface area contributed by atoms with E-state index in [0.717, 1.165) is 6.54 Å². The molecule has 1 aromatic carbocycles. The first-order valence-corrected chi connectivity index (χ1v) is 14.6. The van der Waals surface area contributed by atoms with Gasteiger partial charge in [0.1, 0.15) is 5.75 Å². The number of hydrogen-bond donors (Lipinski definition) is 2. The Morgan fingerprint density at radius 1 is 0.758 bits per heavy atom. The molecular weight excluding hydrogens is 432 g/mol. The van der Waals surface area contributed by atoms with E-state index in [1.807, 2.05) is 0 Å². The second-order valence-corrected chi connectivity index (χ2v) is 10.7. The van der Waals surface area contributed by atoms with Crippen molar-refractivity contribution in [2.24, 2.45) is 5.10 Å². The Kier molecular flexibility index (Phi) is 14.1. The van der Waals surface area contributed by atoms with Crippen molar-refractivity contribution in [3.05, 3.63) is 47.5 Å². The summed E-state index contributed by atoms with van der Waals surface area (Å²) in [5.41, 5.74) is 6.89. The van der Waals surface area contributed by atoms with E-state index in [-0.39, 0.29) is 5.75 Å². The van der Waals surface area contributed by atoms with E-state index in [1.165, 1.54) is 108 Å². The molecule has 0 atom stereocenters. The first kappa shape index (κ1) is 27.6. The fraction of sp³-hybridized carbons (Fsp3) is 0.667. The predicted octanol–water partition coefficient (Wildman–Crippen LogP) is 7.20. The monoisotopic (exact) mass is 476 g/mol. The second-order valence-electron chi connectivity index (χ2n) is 9.29. The summed E-state index contributed by atoms with van der Waals surface area (Å²) in [5, 5.41) is 4.80. The van der Waals surface area contributed by atoms with Crippen LogP contribution in [0.3, 0.4) is 0 Å². The molecule has 0 spiro atoms. The third kappa shape index (κ3) is 14.3. The van der Waals surface area contributed by atoms with Gasteiger partial charge in [-0.25, -0.2) is 0 Å². The molecule has 33 heavy (non-hydrogen) atoms. The van der Waals surface area contributed by atoms with Crippen molar-refractivity contribution < 1.29 is 13.0 Å². The Hall–Kier alpha value is -1.66. The SMILES string of the molecule is C1=C(C2=NNCCCCCCCC2)CCCCCCCCC1.O=S(=O)(O)Cc1ccccc1. The summed E-state index contributed by atoms with van der Waals surface area (Å²) >= 11 is 0. The molecule has 1 heterocycles. The molecule has 1 aliphatic heterocycles. The highest BCUT2D eigenvalue weighted by atomic mass is 32.2. The van der Waals surface area contributed by atoms with Crippen molar-refractivity contribution in [1.29, 1.82) is 0 Å². The van der Waals surface area contributed by atoms with E-state index >= 15 is 0 Å². The second kappa shape index (κ2) is 16.9. The molecular formula is C27H44N2O3S. The number of nitrogens with one attached hydrogen (secondary N) is 1. The molecule has 0 unspecified atom stereocenters. The molecule has 0 amide bonds. The minimum absolute atomic E-state index is 0.312. The molecule has 1 aromatic rings. The minimum atomic E-state index is -3.88. The summed E-state index contributed by atoms with van der Waals surface area (Å²) in [5.74, 6) is -0.312. The molecule has 5 nitrogen and oxygen atoms in total. The van der Waals surface area contributed by atoms with Crippen molar-refractivity contribution >= 4 is 15.8 Å². The van der Waals surface area contributed by atoms with Crippen LogP contribution >= 0.6 is 0 Å². The largest absolute Gasteiger partial charge is 0.310 e. The van der Waals surface area contributed by atoms with Gasteiger partial charge < -0.3 is 5.43 Å². The van der Waals surface area contributed by atoms with Gasteiger partial charge >= 0.3 is 0 Å². The average Bonchev–Trinajstić information content (AvgIpc) is 2.89. The molecule has 0 fully saturated rings. The Labute approximate surface area is 201 Å². The van der Waals surface area contributed by atoms with E-state index in [4.69, 9.17) is 9.65 Å². The van der Waals surface area contributed by atoms with Crippen molar-refractivity contribution in [2.75, 3.05) is 6.54 Å². The molecule has 0 aromatic heterocycles. The summed E-state index contributed by atoms with van der Waals surface area (Å²) in [6, 6.07) is 8.52. The molecule has 6 heteroatoms. The molecule has 0 bridgehead atoms. The number of allylic oxidation sites excluding steroid dienone is 2. The Bertz CT molecular complexity index is 770. The van der Waals surface area contributed by atoms with Crippen LogP contribution in [0.1, 0.15) is 108 Å². The lowest BCUT2D eigenvalue weighted by Gasteiger charge is -2.12. The van der Waals surface area contributed by atoms with E-state index in [2.05, 4.69) is 11.5 Å². The maximum Gasteiger partial charge on any atom is 0.269 e. The number of nitrogens with zero attached hydrogens (tertiary/aromatic N) is 1. The lowest BCUT2D eigenvalue weighted by molar-refractivity contribution is 0.482. The zero-order valence-corrected chi connectivity index (χ0v) is 21.1. The number of rotatable bonds is 3. The minimum Gasteiger partial charge on any atom is -0.310 e. The van der Waals surface area contributed by atoms with Crippen LogP contribution in [0, 0.1) is 0 Å². The average molecular weight is 477 g/mol. The fourth-order valence-corrected chi connectivity index (χ4v) is 5.03.